The molecule has 0 atom stereocenters. The third-order valence-electron chi connectivity index (χ3n) is 5.89. The summed E-state index contributed by atoms with van der Waals surface area (Å²) in [5.41, 5.74) is 1.72. The molecule has 0 saturated heterocycles. The number of imide groups is 1. The number of hydrogen-bond acceptors (Lipinski definition) is 8. The summed E-state index contributed by atoms with van der Waals surface area (Å²) in [5, 5.41) is 5.33. The second-order valence-corrected chi connectivity index (χ2v) is 8.92. The molecule has 3 amide bonds. The van der Waals surface area contributed by atoms with E-state index in [1.807, 2.05) is 6.92 Å². The fourth-order valence-electron chi connectivity index (χ4n) is 3.82. The molecule has 10 nitrogen and oxygen atoms in total. The lowest BCUT2D eigenvalue weighted by Gasteiger charge is -2.19. The Hall–Kier alpha value is -4.83. The average Bonchev–Trinajstić information content (AvgIpc) is 3.18. The zero-order valence-electron chi connectivity index (χ0n) is 21.9. The largest absolute Gasteiger partial charge is 0.497 e. The Kier molecular flexibility index (Phi) is 8.70. The van der Waals surface area contributed by atoms with E-state index in [1.165, 1.54) is 20.3 Å². The maximum absolute atomic E-state index is 13.2. The van der Waals surface area contributed by atoms with E-state index >= 15 is 0 Å². The minimum Gasteiger partial charge on any atom is -0.497 e. The number of nitrogens with one attached hydrogen (secondary N) is 2. The van der Waals surface area contributed by atoms with Crippen molar-refractivity contribution in [2.45, 2.75) is 13.3 Å². The van der Waals surface area contributed by atoms with Crippen molar-refractivity contribution >= 4 is 52.4 Å². The van der Waals surface area contributed by atoms with Gasteiger partial charge in [0.15, 0.2) is 0 Å². The van der Waals surface area contributed by atoms with E-state index in [1.54, 1.807) is 60.7 Å². The Morgan fingerprint density at radius 2 is 1.50 bits per heavy atom. The molecule has 2 N–H and O–H groups in total. The van der Waals surface area contributed by atoms with Crippen LogP contribution in [-0.4, -0.2) is 44.5 Å². The van der Waals surface area contributed by atoms with Gasteiger partial charge in [0.1, 0.15) is 22.2 Å². The van der Waals surface area contributed by atoms with Crippen LogP contribution in [0.15, 0.2) is 77.5 Å². The van der Waals surface area contributed by atoms with Gasteiger partial charge in [-0.1, -0.05) is 18.5 Å². The molecule has 206 valence electrons. The van der Waals surface area contributed by atoms with Gasteiger partial charge >= 0.3 is 5.97 Å². The monoisotopic (exact) mass is 563 g/mol. The van der Waals surface area contributed by atoms with Crippen LogP contribution >= 0.6 is 11.6 Å². The van der Waals surface area contributed by atoms with Crippen LogP contribution < -0.4 is 25.0 Å². The molecule has 11 heteroatoms. The Labute approximate surface area is 235 Å². The van der Waals surface area contributed by atoms with E-state index < -0.39 is 17.8 Å². The highest BCUT2D eigenvalue weighted by molar-refractivity contribution is 6.53. The summed E-state index contributed by atoms with van der Waals surface area (Å²) in [6.45, 7) is 2.25. The number of carbonyl (C=O) groups excluding carboxylic acids is 4. The van der Waals surface area contributed by atoms with Gasteiger partial charge in [0.25, 0.3) is 17.7 Å². The summed E-state index contributed by atoms with van der Waals surface area (Å²) in [4.78, 5) is 51.7. The van der Waals surface area contributed by atoms with Crippen molar-refractivity contribution in [2.24, 2.45) is 0 Å². The molecule has 0 saturated carbocycles. The predicted octanol–water partition coefficient (Wildman–Crippen LogP) is 4.96. The van der Waals surface area contributed by atoms with Gasteiger partial charge < -0.3 is 24.8 Å². The maximum Gasteiger partial charge on any atom is 0.338 e. The first-order valence-electron chi connectivity index (χ1n) is 12.2. The lowest BCUT2D eigenvalue weighted by molar-refractivity contribution is -0.120. The summed E-state index contributed by atoms with van der Waals surface area (Å²) in [6, 6.07) is 17.3. The molecule has 1 aliphatic heterocycles. The van der Waals surface area contributed by atoms with Crippen molar-refractivity contribution in [1.82, 2.24) is 0 Å². The van der Waals surface area contributed by atoms with Crippen LogP contribution in [0.2, 0.25) is 0 Å². The lowest BCUT2D eigenvalue weighted by atomic mass is 10.1. The smallest absolute Gasteiger partial charge is 0.338 e. The van der Waals surface area contributed by atoms with Crippen LogP contribution in [-0.2, 0) is 14.3 Å². The number of hydrogen-bond donors (Lipinski definition) is 2. The molecule has 0 radical (unpaired) electrons. The molecule has 4 rings (SSSR count). The molecule has 3 aromatic carbocycles. The standard InChI is InChI=1S/C29H26ClN3O7/c1-4-15-40-29(37)18-7-11-20(12-8-18)32-26(34)17-5-9-19(10-6-17)31-25-24(30)27(35)33(28(25)36)22-16-21(38-2)13-14-23(22)39-3/h5-14,16,31H,4,15H2,1-3H3,(H,32,34). The zero-order valence-corrected chi connectivity index (χ0v) is 22.7. The lowest BCUT2D eigenvalue weighted by Crippen LogP contribution is -2.32. The van der Waals surface area contributed by atoms with E-state index in [-0.39, 0.29) is 28.1 Å². The molecule has 0 aromatic heterocycles. The van der Waals surface area contributed by atoms with Gasteiger partial charge in [-0.2, -0.15) is 0 Å². The van der Waals surface area contributed by atoms with Crippen molar-refractivity contribution in [3.05, 3.63) is 88.6 Å². The molecule has 0 fully saturated rings. The SMILES string of the molecule is CCCOC(=O)c1ccc(NC(=O)c2ccc(NC3=C(Cl)C(=O)N(c4cc(OC)ccc4OC)C3=O)cc2)cc1. The van der Waals surface area contributed by atoms with Crippen LogP contribution in [0, 0.1) is 0 Å². The van der Waals surface area contributed by atoms with Crippen molar-refractivity contribution in [1.29, 1.82) is 0 Å². The van der Waals surface area contributed by atoms with Crippen LogP contribution in [0.4, 0.5) is 17.1 Å². The molecule has 0 aliphatic carbocycles. The molecule has 1 heterocycles. The molecule has 40 heavy (non-hydrogen) atoms. The number of benzene rings is 3. The minimum atomic E-state index is -0.721. The topological polar surface area (TPSA) is 123 Å². The summed E-state index contributed by atoms with van der Waals surface area (Å²) < 4.78 is 15.6. The van der Waals surface area contributed by atoms with Crippen LogP contribution in [0.5, 0.6) is 11.5 Å². The first-order chi connectivity index (χ1) is 19.3. The van der Waals surface area contributed by atoms with Gasteiger partial charge in [-0.3, -0.25) is 14.4 Å². The summed E-state index contributed by atoms with van der Waals surface area (Å²) in [6.07, 6.45) is 0.726. The van der Waals surface area contributed by atoms with Crippen molar-refractivity contribution in [2.75, 3.05) is 36.4 Å². The van der Waals surface area contributed by atoms with Crippen molar-refractivity contribution < 1.29 is 33.4 Å². The van der Waals surface area contributed by atoms with Crippen LogP contribution in [0.25, 0.3) is 0 Å². The third-order valence-corrected chi connectivity index (χ3v) is 6.24. The quantitative estimate of drug-likeness (QED) is 0.262. The number of esters is 1. The molecule has 0 bridgehead atoms. The first-order valence-corrected chi connectivity index (χ1v) is 12.6. The fourth-order valence-corrected chi connectivity index (χ4v) is 4.03. The van der Waals surface area contributed by atoms with Crippen molar-refractivity contribution in [3.8, 4) is 11.5 Å². The third kappa shape index (κ3) is 5.92. The average molecular weight is 564 g/mol. The predicted molar refractivity (Wildman–Crippen MR) is 150 cm³/mol. The van der Waals surface area contributed by atoms with Crippen LogP contribution in [0.3, 0.4) is 0 Å². The Morgan fingerprint density at radius 1 is 0.850 bits per heavy atom. The summed E-state index contributed by atoms with van der Waals surface area (Å²) in [7, 11) is 2.88. The number of carbonyl (C=O) groups is 4. The van der Waals surface area contributed by atoms with E-state index in [0.29, 0.717) is 34.9 Å². The van der Waals surface area contributed by atoms with Gasteiger partial charge in [-0.05, 0) is 67.1 Å². The number of amides is 3. The van der Waals surface area contributed by atoms with Gasteiger partial charge in [0.05, 0.1) is 32.1 Å². The maximum atomic E-state index is 13.2. The van der Waals surface area contributed by atoms with Crippen LogP contribution in [0.1, 0.15) is 34.1 Å². The molecule has 0 unspecified atom stereocenters. The second kappa shape index (κ2) is 12.4. The molecule has 0 spiro atoms. The second-order valence-electron chi connectivity index (χ2n) is 8.54. The van der Waals surface area contributed by atoms with Crippen molar-refractivity contribution in [3.63, 3.8) is 0 Å². The van der Waals surface area contributed by atoms with E-state index in [0.717, 1.165) is 11.3 Å². The van der Waals surface area contributed by atoms with Gasteiger partial charge in [-0.25, -0.2) is 9.69 Å². The number of halogens is 1. The Morgan fingerprint density at radius 3 is 2.12 bits per heavy atom. The highest BCUT2D eigenvalue weighted by Gasteiger charge is 2.40. The summed E-state index contributed by atoms with van der Waals surface area (Å²) >= 11 is 6.25. The normalized spacial score (nSPS) is 12.8. The van der Waals surface area contributed by atoms with E-state index in [4.69, 9.17) is 25.8 Å². The van der Waals surface area contributed by atoms with E-state index in [9.17, 15) is 19.2 Å². The molecular formula is C29H26ClN3O7. The molecular weight excluding hydrogens is 538 g/mol. The number of anilines is 3. The van der Waals surface area contributed by atoms with Gasteiger partial charge in [-0.15, -0.1) is 0 Å². The minimum absolute atomic E-state index is 0.119. The number of ether oxygens (including phenoxy) is 3. The number of nitrogens with zero attached hydrogens (tertiary/aromatic N) is 1. The zero-order chi connectivity index (χ0) is 28.8. The highest BCUT2D eigenvalue weighted by atomic mass is 35.5. The number of methoxy groups -OCH3 is 2. The Bertz CT molecular complexity index is 1480. The Balaban J connectivity index is 1.44. The number of rotatable bonds is 10. The molecule has 1 aliphatic rings. The van der Waals surface area contributed by atoms with E-state index in [2.05, 4.69) is 10.6 Å². The molecule has 3 aromatic rings. The summed E-state index contributed by atoms with van der Waals surface area (Å²) in [5.74, 6) is -1.49. The first kappa shape index (κ1) is 28.2. The highest BCUT2D eigenvalue weighted by Crippen LogP contribution is 2.38. The van der Waals surface area contributed by atoms with Gasteiger partial charge in [0, 0.05) is 23.0 Å². The fraction of sp³-hybridized carbons (Fsp3) is 0.172. The van der Waals surface area contributed by atoms with Gasteiger partial charge in [0.2, 0.25) is 0 Å².